The Morgan fingerprint density at radius 2 is 2.33 bits per heavy atom. The zero-order valence-corrected chi connectivity index (χ0v) is 9.80. The molecule has 0 aliphatic heterocycles. The van der Waals surface area contributed by atoms with Gasteiger partial charge in [0.1, 0.15) is 0 Å². The standard InChI is InChI=1S/C13H13N5/c1-2-18-9-10(7-16-18)6-14-12-5-3-4-11-8-15-17-13(11)12/h2-5,7-9,14H,1,6H2,(H,15,17). The number of aromatic amines is 1. The normalized spacial score (nSPS) is 10.7. The van der Waals surface area contributed by atoms with Crippen LogP contribution in [0.15, 0.2) is 43.4 Å². The van der Waals surface area contributed by atoms with E-state index < -0.39 is 0 Å². The highest BCUT2D eigenvalue weighted by Crippen LogP contribution is 2.20. The van der Waals surface area contributed by atoms with Crippen molar-refractivity contribution in [3.63, 3.8) is 0 Å². The summed E-state index contributed by atoms with van der Waals surface area (Å²) in [5.74, 6) is 0. The van der Waals surface area contributed by atoms with E-state index >= 15 is 0 Å². The largest absolute Gasteiger partial charge is 0.379 e. The molecule has 0 aliphatic rings. The van der Waals surface area contributed by atoms with Gasteiger partial charge < -0.3 is 5.32 Å². The number of rotatable bonds is 4. The number of aromatic nitrogens is 4. The second-order valence-corrected chi connectivity index (χ2v) is 4.00. The fraction of sp³-hybridized carbons (Fsp3) is 0.0769. The molecule has 18 heavy (non-hydrogen) atoms. The van der Waals surface area contributed by atoms with E-state index in [2.05, 4.69) is 27.2 Å². The third-order valence-corrected chi connectivity index (χ3v) is 2.80. The predicted molar refractivity (Wildman–Crippen MR) is 72.0 cm³/mol. The molecular weight excluding hydrogens is 226 g/mol. The van der Waals surface area contributed by atoms with E-state index in [0.717, 1.165) is 22.2 Å². The molecule has 1 aromatic carbocycles. The monoisotopic (exact) mass is 239 g/mol. The summed E-state index contributed by atoms with van der Waals surface area (Å²) in [5, 5.41) is 15.6. The van der Waals surface area contributed by atoms with Crippen molar-refractivity contribution in [3.05, 3.63) is 48.9 Å². The first kappa shape index (κ1) is 10.6. The lowest BCUT2D eigenvalue weighted by atomic mass is 10.2. The first-order valence-corrected chi connectivity index (χ1v) is 5.68. The van der Waals surface area contributed by atoms with E-state index in [1.54, 1.807) is 10.9 Å². The summed E-state index contributed by atoms with van der Waals surface area (Å²) in [6, 6.07) is 6.06. The first-order chi connectivity index (χ1) is 8.86. The van der Waals surface area contributed by atoms with Crippen LogP contribution in [-0.4, -0.2) is 20.0 Å². The minimum Gasteiger partial charge on any atom is -0.379 e. The first-order valence-electron chi connectivity index (χ1n) is 5.68. The van der Waals surface area contributed by atoms with Gasteiger partial charge in [-0.15, -0.1) is 0 Å². The van der Waals surface area contributed by atoms with Crippen LogP contribution in [0.3, 0.4) is 0 Å². The molecule has 0 amide bonds. The van der Waals surface area contributed by atoms with E-state index in [1.165, 1.54) is 0 Å². The average Bonchev–Trinajstić information content (AvgIpc) is 3.05. The van der Waals surface area contributed by atoms with Crippen LogP contribution < -0.4 is 5.32 Å². The molecular formula is C13H13N5. The van der Waals surface area contributed by atoms with Gasteiger partial charge in [-0.3, -0.25) is 5.10 Å². The van der Waals surface area contributed by atoms with Crippen molar-refractivity contribution in [2.45, 2.75) is 6.54 Å². The van der Waals surface area contributed by atoms with E-state index in [-0.39, 0.29) is 0 Å². The summed E-state index contributed by atoms with van der Waals surface area (Å²) >= 11 is 0. The highest BCUT2D eigenvalue weighted by Gasteiger charge is 2.02. The Kier molecular flexibility index (Phi) is 2.57. The van der Waals surface area contributed by atoms with Crippen molar-refractivity contribution < 1.29 is 0 Å². The molecule has 2 aromatic heterocycles. The van der Waals surface area contributed by atoms with Crippen LogP contribution in [0.4, 0.5) is 5.69 Å². The molecule has 2 heterocycles. The Morgan fingerprint density at radius 3 is 3.17 bits per heavy atom. The molecule has 3 rings (SSSR count). The molecule has 0 fully saturated rings. The lowest BCUT2D eigenvalue weighted by Crippen LogP contribution is -1.98. The molecule has 5 nitrogen and oxygen atoms in total. The highest BCUT2D eigenvalue weighted by molar-refractivity contribution is 5.89. The molecule has 0 atom stereocenters. The summed E-state index contributed by atoms with van der Waals surface area (Å²) in [7, 11) is 0. The van der Waals surface area contributed by atoms with Gasteiger partial charge in [-0.1, -0.05) is 18.7 Å². The van der Waals surface area contributed by atoms with Crippen LogP contribution in [0.1, 0.15) is 5.56 Å². The number of nitrogens with zero attached hydrogens (tertiary/aromatic N) is 3. The van der Waals surface area contributed by atoms with E-state index in [4.69, 9.17) is 0 Å². The van der Waals surface area contributed by atoms with Crippen LogP contribution >= 0.6 is 0 Å². The Bertz CT molecular complexity index is 679. The summed E-state index contributed by atoms with van der Waals surface area (Å²) < 4.78 is 1.69. The third kappa shape index (κ3) is 1.86. The van der Waals surface area contributed by atoms with Gasteiger partial charge in [-0.25, -0.2) is 4.68 Å². The van der Waals surface area contributed by atoms with Crippen molar-refractivity contribution in [2.75, 3.05) is 5.32 Å². The minimum atomic E-state index is 0.714. The molecule has 0 bridgehead atoms. The molecule has 2 N–H and O–H groups in total. The number of anilines is 1. The predicted octanol–water partition coefficient (Wildman–Crippen LogP) is 2.47. The molecule has 0 saturated carbocycles. The molecule has 90 valence electrons. The zero-order valence-electron chi connectivity index (χ0n) is 9.80. The summed E-state index contributed by atoms with van der Waals surface area (Å²) in [6.45, 7) is 4.38. The van der Waals surface area contributed by atoms with Gasteiger partial charge in [0.15, 0.2) is 0 Å². The van der Waals surface area contributed by atoms with E-state index in [9.17, 15) is 0 Å². The zero-order chi connectivity index (χ0) is 12.4. The third-order valence-electron chi connectivity index (χ3n) is 2.80. The van der Waals surface area contributed by atoms with Crippen LogP contribution in [0, 0.1) is 0 Å². The smallest absolute Gasteiger partial charge is 0.0881 e. The Balaban J connectivity index is 1.80. The van der Waals surface area contributed by atoms with Crippen LogP contribution in [0.2, 0.25) is 0 Å². The lowest BCUT2D eigenvalue weighted by Gasteiger charge is -2.05. The quantitative estimate of drug-likeness (QED) is 0.735. The summed E-state index contributed by atoms with van der Waals surface area (Å²) in [5.41, 5.74) is 3.16. The maximum atomic E-state index is 4.14. The number of hydrogen-bond donors (Lipinski definition) is 2. The SMILES string of the molecule is C=Cn1cc(CNc2cccc3cn[nH]c23)cn1. The molecule has 0 saturated heterocycles. The van der Waals surface area contributed by atoms with Gasteiger partial charge in [0.05, 0.1) is 23.6 Å². The topological polar surface area (TPSA) is 58.5 Å². The number of para-hydroxylation sites is 1. The second kappa shape index (κ2) is 4.37. The number of H-pyrrole nitrogens is 1. The van der Waals surface area contributed by atoms with Crippen molar-refractivity contribution in [1.82, 2.24) is 20.0 Å². The molecule has 5 heteroatoms. The maximum Gasteiger partial charge on any atom is 0.0881 e. The number of benzene rings is 1. The molecule has 3 aromatic rings. The number of hydrogen-bond acceptors (Lipinski definition) is 3. The van der Waals surface area contributed by atoms with E-state index in [0.29, 0.717) is 6.54 Å². The van der Waals surface area contributed by atoms with Crippen molar-refractivity contribution in [2.24, 2.45) is 0 Å². The van der Waals surface area contributed by atoms with Gasteiger partial charge in [0.2, 0.25) is 0 Å². The maximum absolute atomic E-state index is 4.14. The Labute approximate surface area is 104 Å². The fourth-order valence-electron chi connectivity index (χ4n) is 1.88. The second-order valence-electron chi connectivity index (χ2n) is 4.00. The van der Waals surface area contributed by atoms with Crippen LogP contribution in [-0.2, 0) is 6.54 Å². The van der Waals surface area contributed by atoms with Crippen LogP contribution in [0.25, 0.3) is 17.1 Å². The highest BCUT2D eigenvalue weighted by atomic mass is 15.2. The Morgan fingerprint density at radius 1 is 1.39 bits per heavy atom. The van der Waals surface area contributed by atoms with Gasteiger partial charge in [-0.05, 0) is 6.07 Å². The summed E-state index contributed by atoms with van der Waals surface area (Å²) in [6.07, 6.45) is 7.24. The number of fused-ring (bicyclic) bond motifs is 1. The van der Waals surface area contributed by atoms with Gasteiger partial charge in [-0.2, -0.15) is 10.2 Å². The van der Waals surface area contributed by atoms with Crippen molar-refractivity contribution >= 4 is 22.8 Å². The van der Waals surface area contributed by atoms with Crippen molar-refractivity contribution in [1.29, 1.82) is 0 Å². The Hall–Kier alpha value is -2.56. The molecule has 0 aliphatic carbocycles. The van der Waals surface area contributed by atoms with Crippen molar-refractivity contribution in [3.8, 4) is 0 Å². The minimum absolute atomic E-state index is 0.714. The molecule has 0 spiro atoms. The molecule has 0 unspecified atom stereocenters. The van der Waals surface area contributed by atoms with E-state index in [1.807, 2.05) is 36.8 Å². The lowest BCUT2D eigenvalue weighted by molar-refractivity contribution is 0.936. The summed E-state index contributed by atoms with van der Waals surface area (Å²) in [4.78, 5) is 0. The van der Waals surface area contributed by atoms with Gasteiger partial charge in [0, 0.05) is 29.9 Å². The molecule has 0 radical (unpaired) electrons. The number of nitrogens with one attached hydrogen (secondary N) is 2. The van der Waals surface area contributed by atoms with Gasteiger partial charge >= 0.3 is 0 Å². The fourth-order valence-corrected chi connectivity index (χ4v) is 1.88. The van der Waals surface area contributed by atoms with Crippen LogP contribution in [0.5, 0.6) is 0 Å². The average molecular weight is 239 g/mol. The van der Waals surface area contributed by atoms with Gasteiger partial charge in [0.25, 0.3) is 0 Å².